The fraction of sp³-hybridized carbons (Fsp3) is 0.400. The molecule has 15 heavy (non-hydrogen) atoms. The molecule has 1 rings (SSSR count). The van der Waals surface area contributed by atoms with E-state index in [9.17, 15) is 8.42 Å². The average molecular weight is 228 g/mol. The third-order valence-electron chi connectivity index (χ3n) is 2.16. The predicted octanol–water partition coefficient (Wildman–Crippen LogP) is 1.05. The maximum Gasteiger partial charge on any atom is 0.211 e. The minimum Gasteiger partial charge on any atom is -0.399 e. The van der Waals surface area contributed by atoms with Crippen LogP contribution in [0.25, 0.3) is 0 Å². The van der Waals surface area contributed by atoms with E-state index in [1.54, 1.807) is 12.1 Å². The number of nitrogens with zero attached hydrogens (tertiary/aromatic N) is 1. The highest BCUT2D eigenvalue weighted by Crippen LogP contribution is 2.10. The molecule has 0 heterocycles. The standard InChI is InChI=1S/C10H16N2O2S/c1-3-12(15(2,13)14)8-9-4-6-10(11)7-5-9/h4-7H,3,8,11H2,1-2H3. The Morgan fingerprint density at radius 1 is 1.27 bits per heavy atom. The summed E-state index contributed by atoms with van der Waals surface area (Å²) in [4.78, 5) is 0. The van der Waals surface area contributed by atoms with Crippen molar-refractivity contribution in [3.05, 3.63) is 29.8 Å². The first kappa shape index (κ1) is 12.0. The second-order valence-corrected chi connectivity index (χ2v) is 5.41. The summed E-state index contributed by atoms with van der Waals surface area (Å²) in [5.74, 6) is 0. The SMILES string of the molecule is CCN(Cc1ccc(N)cc1)S(C)(=O)=O. The van der Waals surface area contributed by atoms with Crippen LogP contribution in [0.4, 0.5) is 5.69 Å². The van der Waals surface area contributed by atoms with Crippen molar-refractivity contribution < 1.29 is 8.42 Å². The summed E-state index contributed by atoms with van der Waals surface area (Å²) in [6.07, 6.45) is 1.22. The van der Waals surface area contributed by atoms with Crippen molar-refractivity contribution in [2.45, 2.75) is 13.5 Å². The molecule has 1 aromatic carbocycles. The number of benzene rings is 1. The lowest BCUT2D eigenvalue weighted by Gasteiger charge is -2.17. The fourth-order valence-electron chi connectivity index (χ4n) is 1.29. The van der Waals surface area contributed by atoms with Crippen molar-refractivity contribution >= 4 is 15.7 Å². The van der Waals surface area contributed by atoms with E-state index in [4.69, 9.17) is 5.73 Å². The van der Waals surface area contributed by atoms with E-state index in [2.05, 4.69) is 0 Å². The molecule has 5 heteroatoms. The van der Waals surface area contributed by atoms with Crippen LogP contribution in [0.15, 0.2) is 24.3 Å². The van der Waals surface area contributed by atoms with Crippen LogP contribution in [0.5, 0.6) is 0 Å². The second-order valence-electron chi connectivity index (χ2n) is 3.43. The van der Waals surface area contributed by atoms with Crippen LogP contribution < -0.4 is 5.73 Å². The number of hydrogen-bond donors (Lipinski definition) is 1. The van der Waals surface area contributed by atoms with Gasteiger partial charge in [0.05, 0.1) is 6.26 Å². The van der Waals surface area contributed by atoms with E-state index in [0.717, 1.165) is 5.56 Å². The Bertz CT molecular complexity index is 412. The number of nitrogens with two attached hydrogens (primary N) is 1. The van der Waals surface area contributed by atoms with Crippen LogP contribution in [0.3, 0.4) is 0 Å². The minimum atomic E-state index is -3.12. The molecule has 0 unspecified atom stereocenters. The van der Waals surface area contributed by atoms with Gasteiger partial charge in [0.1, 0.15) is 0 Å². The minimum absolute atomic E-state index is 0.398. The van der Waals surface area contributed by atoms with E-state index in [-0.39, 0.29) is 0 Å². The first-order valence-electron chi connectivity index (χ1n) is 4.73. The predicted molar refractivity (Wildman–Crippen MR) is 61.8 cm³/mol. The molecule has 1 aromatic rings. The van der Waals surface area contributed by atoms with Crippen molar-refractivity contribution in [2.75, 3.05) is 18.5 Å². The maximum absolute atomic E-state index is 11.3. The normalized spacial score (nSPS) is 11.9. The molecule has 0 radical (unpaired) electrons. The molecule has 0 aromatic heterocycles. The molecule has 4 nitrogen and oxygen atoms in total. The number of sulfonamides is 1. The Morgan fingerprint density at radius 3 is 2.20 bits per heavy atom. The Kier molecular flexibility index (Phi) is 3.71. The summed E-state index contributed by atoms with van der Waals surface area (Å²) >= 11 is 0. The lowest BCUT2D eigenvalue weighted by Crippen LogP contribution is -2.29. The Morgan fingerprint density at radius 2 is 1.80 bits per heavy atom. The molecule has 0 fully saturated rings. The highest BCUT2D eigenvalue weighted by molar-refractivity contribution is 7.88. The Balaban J connectivity index is 2.80. The van der Waals surface area contributed by atoms with Crippen LogP contribution in [-0.2, 0) is 16.6 Å². The highest BCUT2D eigenvalue weighted by atomic mass is 32.2. The van der Waals surface area contributed by atoms with Gasteiger partial charge in [-0.3, -0.25) is 0 Å². The van der Waals surface area contributed by atoms with E-state index in [1.807, 2.05) is 19.1 Å². The van der Waals surface area contributed by atoms with E-state index in [1.165, 1.54) is 10.6 Å². The summed E-state index contributed by atoms with van der Waals surface area (Å²) in [5.41, 5.74) is 7.17. The van der Waals surface area contributed by atoms with E-state index < -0.39 is 10.0 Å². The highest BCUT2D eigenvalue weighted by Gasteiger charge is 2.14. The van der Waals surface area contributed by atoms with Crippen LogP contribution in [-0.4, -0.2) is 25.5 Å². The van der Waals surface area contributed by atoms with Crippen LogP contribution in [0.2, 0.25) is 0 Å². The second kappa shape index (κ2) is 4.63. The van der Waals surface area contributed by atoms with E-state index in [0.29, 0.717) is 18.8 Å². The molecule has 2 N–H and O–H groups in total. The molecule has 0 saturated carbocycles. The van der Waals surface area contributed by atoms with Crippen molar-refractivity contribution in [1.29, 1.82) is 0 Å². The summed E-state index contributed by atoms with van der Waals surface area (Å²) in [5, 5.41) is 0. The van der Waals surface area contributed by atoms with Crippen LogP contribution in [0, 0.1) is 0 Å². The third kappa shape index (κ3) is 3.53. The van der Waals surface area contributed by atoms with Crippen molar-refractivity contribution in [1.82, 2.24) is 4.31 Å². The number of nitrogen functional groups attached to an aromatic ring is 1. The van der Waals surface area contributed by atoms with Gasteiger partial charge in [-0.25, -0.2) is 8.42 Å². The quantitative estimate of drug-likeness (QED) is 0.783. The van der Waals surface area contributed by atoms with Gasteiger partial charge in [-0.15, -0.1) is 0 Å². The molecule has 0 amide bonds. The summed E-state index contributed by atoms with van der Waals surface area (Å²) in [6.45, 7) is 2.69. The number of rotatable bonds is 4. The van der Waals surface area contributed by atoms with E-state index >= 15 is 0 Å². The molecule has 0 bridgehead atoms. The summed E-state index contributed by atoms with van der Waals surface area (Å²) < 4.78 is 24.1. The van der Waals surface area contributed by atoms with Gasteiger partial charge in [0, 0.05) is 18.8 Å². The first-order chi connectivity index (χ1) is 6.93. The fourth-order valence-corrected chi connectivity index (χ4v) is 2.14. The zero-order valence-corrected chi connectivity index (χ0v) is 9.79. The molecule has 84 valence electrons. The molecule has 0 aliphatic rings. The summed E-state index contributed by atoms with van der Waals surface area (Å²) in [6, 6.07) is 7.21. The largest absolute Gasteiger partial charge is 0.399 e. The van der Waals surface area contributed by atoms with Crippen LogP contribution in [0.1, 0.15) is 12.5 Å². The lowest BCUT2D eigenvalue weighted by molar-refractivity contribution is 0.428. The summed E-state index contributed by atoms with van der Waals surface area (Å²) in [7, 11) is -3.12. The number of hydrogen-bond acceptors (Lipinski definition) is 3. The molecular weight excluding hydrogens is 212 g/mol. The Labute approximate surface area is 90.8 Å². The van der Waals surface area contributed by atoms with Gasteiger partial charge in [0.2, 0.25) is 10.0 Å². The van der Waals surface area contributed by atoms with Gasteiger partial charge < -0.3 is 5.73 Å². The topological polar surface area (TPSA) is 63.4 Å². The molecule has 0 saturated heterocycles. The molecule has 0 spiro atoms. The smallest absolute Gasteiger partial charge is 0.211 e. The lowest BCUT2D eigenvalue weighted by atomic mass is 10.2. The zero-order chi connectivity index (χ0) is 11.5. The van der Waals surface area contributed by atoms with Crippen molar-refractivity contribution in [3.63, 3.8) is 0 Å². The van der Waals surface area contributed by atoms with Gasteiger partial charge in [-0.1, -0.05) is 19.1 Å². The van der Waals surface area contributed by atoms with Gasteiger partial charge in [0.25, 0.3) is 0 Å². The van der Waals surface area contributed by atoms with Crippen molar-refractivity contribution in [3.8, 4) is 0 Å². The van der Waals surface area contributed by atoms with Gasteiger partial charge in [0.15, 0.2) is 0 Å². The molecular formula is C10H16N2O2S. The van der Waals surface area contributed by atoms with Gasteiger partial charge in [-0.05, 0) is 17.7 Å². The molecule has 0 atom stereocenters. The zero-order valence-electron chi connectivity index (χ0n) is 8.97. The Hall–Kier alpha value is -1.07. The third-order valence-corrected chi connectivity index (χ3v) is 3.49. The van der Waals surface area contributed by atoms with Crippen molar-refractivity contribution in [2.24, 2.45) is 0 Å². The molecule has 0 aliphatic heterocycles. The average Bonchev–Trinajstić information content (AvgIpc) is 2.15. The first-order valence-corrected chi connectivity index (χ1v) is 6.58. The number of anilines is 1. The monoisotopic (exact) mass is 228 g/mol. The van der Waals surface area contributed by atoms with Gasteiger partial charge >= 0.3 is 0 Å². The van der Waals surface area contributed by atoms with Gasteiger partial charge in [-0.2, -0.15) is 4.31 Å². The van der Waals surface area contributed by atoms with Crippen LogP contribution >= 0.6 is 0 Å². The maximum atomic E-state index is 11.3. The molecule has 0 aliphatic carbocycles.